The maximum Gasteiger partial charge on any atom is 0.271 e. The second-order valence-electron chi connectivity index (χ2n) is 5.32. The van der Waals surface area contributed by atoms with E-state index in [4.69, 9.17) is 16.3 Å². The number of hydrogen-bond donors (Lipinski definition) is 2. The Hall–Kier alpha value is -3.06. The largest absolute Gasteiger partial charge is 0.461 e. The molecular weight excluding hydrogens is 334 g/mol. The second kappa shape index (κ2) is 5.24. The molecule has 2 aliphatic heterocycles. The lowest BCUT2D eigenvalue weighted by Gasteiger charge is -2.19. The normalized spacial score (nSPS) is 18.2. The van der Waals surface area contributed by atoms with Crippen LogP contribution in [0.5, 0.6) is 0 Å². The van der Waals surface area contributed by atoms with Gasteiger partial charge < -0.3 is 15.4 Å². The van der Waals surface area contributed by atoms with Crippen LogP contribution in [0.1, 0.15) is 11.7 Å². The Morgan fingerprint density at radius 1 is 1.12 bits per heavy atom. The van der Waals surface area contributed by atoms with Gasteiger partial charge in [0.1, 0.15) is 5.70 Å². The zero-order valence-electron chi connectivity index (χ0n) is 12.1. The Bertz CT molecular complexity index is 925. The summed E-state index contributed by atoms with van der Waals surface area (Å²) in [6, 6.07) is 11.2. The average molecular weight is 344 g/mol. The Labute approximate surface area is 141 Å². The van der Waals surface area contributed by atoms with E-state index >= 15 is 0 Å². The summed E-state index contributed by atoms with van der Waals surface area (Å²) in [5, 5.41) is 17.2. The van der Waals surface area contributed by atoms with E-state index in [1.807, 2.05) is 0 Å². The number of Topliss-reactive ketones (excluding diaryl/α,β-unsaturated/α-hetero) is 1. The number of carbonyl (C=O) groups is 1. The minimum Gasteiger partial charge on any atom is -0.461 e. The molecule has 0 radical (unpaired) electrons. The zero-order valence-corrected chi connectivity index (χ0v) is 12.8. The molecule has 4 rings (SSSR count). The molecule has 2 aromatic carbocycles. The third kappa shape index (κ3) is 2.17. The standard InChI is InChI=1S/C16H10ClN3O4/c17-10-4-2-1-3-9(10)15-14(21)13-16(24-15)19-12-7-8(20(22)23)5-6-11(12)18-13/h1-7,15,18-19H. The number of ketones is 1. The number of nitrogens with zero attached hydrogens (tertiary/aromatic N) is 1. The van der Waals surface area contributed by atoms with Gasteiger partial charge in [-0.2, -0.15) is 0 Å². The van der Waals surface area contributed by atoms with Crippen molar-refractivity contribution in [2.75, 3.05) is 10.6 Å². The first-order valence-electron chi connectivity index (χ1n) is 7.06. The van der Waals surface area contributed by atoms with E-state index in [0.717, 1.165) is 0 Å². The Balaban J connectivity index is 1.67. The molecule has 2 aromatic rings. The highest BCUT2D eigenvalue weighted by atomic mass is 35.5. The fourth-order valence-corrected chi connectivity index (χ4v) is 2.93. The van der Waals surface area contributed by atoms with E-state index in [-0.39, 0.29) is 23.1 Å². The fraction of sp³-hybridized carbons (Fsp3) is 0.0625. The van der Waals surface area contributed by atoms with Crippen LogP contribution in [0.15, 0.2) is 54.0 Å². The van der Waals surface area contributed by atoms with Crippen molar-refractivity contribution in [2.24, 2.45) is 0 Å². The molecule has 2 aliphatic rings. The number of ether oxygens (including phenoxy) is 1. The van der Waals surface area contributed by atoms with E-state index in [2.05, 4.69) is 10.6 Å². The van der Waals surface area contributed by atoms with Gasteiger partial charge in [0, 0.05) is 22.7 Å². The van der Waals surface area contributed by atoms with Crippen LogP contribution in [0, 0.1) is 10.1 Å². The lowest BCUT2D eigenvalue weighted by Crippen LogP contribution is -2.18. The number of nitro groups is 1. The molecule has 2 N–H and O–H groups in total. The molecule has 0 aromatic heterocycles. The SMILES string of the molecule is O=C1C2=C(Nc3cc([N+](=O)[O-])ccc3N2)OC1c1ccccc1Cl. The van der Waals surface area contributed by atoms with Crippen molar-refractivity contribution >= 4 is 34.4 Å². The number of fused-ring (bicyclic) bond motifs is 1. The molecule has 0 bridgehead atoms. The van der Waals surface area contributed by atoms with Crippen molar-refractivity contribution in [2.45, 2.75) is 6.10 Å². The van der Waals surface area contributed by atoms with Crippen molar-refractivity contribution in [3.8, 4) is 0 Å². The van der Waals surface area contributed by atoms with Crippen molar-refractivity contribution in [1.82, 2.24) is 0 Å². The van der Waals surface area contributed by atoms with Crippen molar-refractivity contribution in [1.29, 1.82) is 0 Å². The second-order valence-corrected chi connectivity index (χ2v) is 5.73. The monoisotopic (exact) mass is 343 g/mol. The molecule has 7 nitrogen and oxygen atoms in total. The van der Waals surface area contributed by atoms with Gasteiger partial charge >= 0.3 is 0 Å². The first-order chi connectivity index (χ1) is 11.5. The molecule has 24 heavy (non-hydrogen) atoms. The lowest BCUT2D eigenvalue weighted by molar-refractivity contribution is -0.384. The van der Waals surface area contributed by atoms with Gasteiger partial charge in [-0.15, -0.1) is 0 Å². The number of non-ortho nitro benzene ring substituents is 1. The summed E-state index contributed by atoms with van der Waals surface area (Å²) in [5.74, 6) is -0.0208. The molecule has 0 spiro atoms. The minimum absolute atomic E-state index is 0.0564. The fourth-order valence-electron chi connectivity index (χ4n) is 2.69. The molecule has 0 saturated carbocycles. The van der Waals surface area contributed by atoms with Crippen LogP contribution in [0.2, 0.25) is 5.02 Å². The van der Waals surface area contributed by atoms with Gasteiger partial charge in [0.25, 0.3) is 5.69 Å². The molecule has 0 amide bonds. The number of rotatable bonds is 2. The Morgan fingerprint density at radius 3 is 2.67 bits per heavy atom. The van der Waals surface area contributed by atoms with Crippen LogP contribution in [-0.2, 0) is 9.53 Å². The highest BCUT2D eigenvalue weighted by molar-refractivity contribution is 6.31. The van der Waals surface area contributed by atoms with Crippen LogP contribution in [-0.4, -0.2) is 10.7 Å². The summed E-state index contributed by atoms with van der Waals surface area (Å²) in [6.07, 6.45) is -0.854. The Kier molecular flexibility index (Phi) is 3.17. The topological polar surface area (TPSA) is 93.5 Å². The van der Waals surface area contributed by atoms with Gasteiger partial charge in [-0.25, -0.2) is 0 Å². The molecular formula is C16H10ClN3O4. The molecule has 0 fully saturated rings. The number of benzene rings is 2. The minimum atomic E-state index is -0.854. The predicted molar refractivity (Wildman–Crippen MR) is 87.7 cm³/mol. The highest BCUT2D eigenvalue weighted by Crippen LogP contribution is 2.41. The van der Waals surface area contributed by atoms with E-state index in [9.17, 15) is 14.9 Å². The van der Waals surface area contributed by atoms with Crippen LogP contribution in [0.3, 0.4) is 0 Å². The van der Waals surface area contributed by atoms with Crippen LogP contribution in [0.4, 0.5) is 17.1 Å². The summed E-state index contributed by atoms with van der Waals surface area (Å²) in [6.45, 7) is 0. The first kappa shape index (κ1) is 14.5. The molecule has 2 heterocycles. The maximum atomic E-state index is 12.6. The van der Waals surface area contributed by atoms with E-state index in [0.29, 0.717) is 22.0 Å². The van der Waals surface area contributed by atoms with Crippen molar-refractivity contribution in [3.05, 3.63) is 74.7 Å². The van der Waals surface area contributed by atoms with Crippen molar-refractivity contribution in [3.63, 3.8) is 0 Å². The number of nitrogens with one attached hydrogen (secondary N) is 2. The average Bonchev–Trinajstić information content (AvgIpc) is 2.89. The molecule has 1 unspecified atom stereocenters. The lowest BCUT2D eigenvalue weighted by atomic mass is 10.0. The van der Waals surface area contributed by atoms with Gasteiger partial charge in [-0.05, 0) is 12.1 Å². The van der Waals surface area contributed by atoms with Gasteiger partial charge in [-0.1, -0.05) is 29.8 Å². The van der Waals surface area contributed by atoms with Gasteiger partial charge in [-0.3, -0.25) is 14.9 Å². The summed E-state index contributed by atoms with van der Waals surface area (Å²) in [4.78, 5) is 23.0. The maximum absolute atomic E-state index is 12.6. The molecule has 1 atom stereocenters. The summed E-state index contributed by atoms with van der Waals surface area (Å²) < 4.78 is 5.70. The number of anilines is 2. The van der Waals surface area contributed by atoms with E-state index in [1.54, 1.807) is 30.3 Å². The molecule has 0 saturated heterocycles. The number of nitro benzene ring substituents is 1. The van der Waals surface area contributed by atoms with Crippen LogP contribution >= 0.6 is 11.6 Å². The quantitative estimate of drug-likeness (QED) is 0.639. The number of halogens is 1. The smallest absolute Gasteiger partial charge is 0.271 e. The third-order valence-corrected chi connectivity index (χ3v) is 4.20. The summed E-state index contributed by atoms with van der Waals surface area (Å²) in [7, 11) is 0. The predicted octanol–water partition coefficient (Wildman–Crippen LogP) is 3.60. The van der Waals surface area contributed by atoms with E-state index in [1.165, 1.54) is 12.1 Å². The van der Waals surface area contributed by atoms with Crippen LogP contribution < -0.4 is 10.6 Å². The van der Waals surface area contributed by atoms with Gasteiger partial charge in [0.2, 0.25) is 11.7 Å². The van der Waals surface area contributed by atoms with Crippen LogP contribution in [0.25, 0.3) is 0 Å². The molecule has 0 aliphatic carbocycles. The van der Waals surface area contributed by atoms with Crippen molar-refractivity contribution < 1.29 is 14.5 Å². The molecule has 8 heteroatoms. The van der Waals surface area contributed by atoms with Gasteiger partial charge in [0.15, 0.2) is 6.10 Å². The summed E-state index contributed by atoms with van der Waals surface area (Å²) in [5.41, 5.74) is 1.82. The number of carbonyl (C=O) groups excluding carboxylic acids is 1. The van der Waals surface area contributed by atoms with E-state index < -0.39 is 11.0 Å². The number of hydrogen-bond acceptors (Lipinski definition) is 6. The van der Waals surface area contributed by atoms with Gasteiger partial charge in [0.05, 0.1) is 16.3 Å². The first-order valence-corrected chi connectivity index (χ1v) is 7.44. The zero-order chi connectivity index (χ0) is 16.8. The third-order valence-electron chi connectivity index (χ3n) is 3.86. The highest BCUT2D eigenvalue weighted by Gasteiger charge is 2.40. The Morgan fingerprint density at radius 2 is 1.92 bits per heavy atom. The summed E-state index contributed by atoms with van der Waals surface area (Å²) >= 11 is 6.15. The molecule has 120 valence electrons.